The number of nitrogens with two attached hydrogens (primary N) is 1. The molecule has 1 amide bonds. The molecule has 3 aromatic carbocycles. The van der Waals surface area contributed by atoms with Crippen LogP contribution in [0.15, 0.2) is 78.9 Å². The lowest BCUT2D eigenvalue weighted by atomic mass is 10.1. The summed E-state index contributed by atoms with van der Waals surface area (Å²) in [6.07, 6.45) is 7.47. The fraction of sp³-hybridized carbons (Fsp3) is 0.294. The second kappa shape index (κ2) is 15.4. The van der Waals surface area contributed by atoms with Gasteiger partial charge in [0.15, 0.2) is 11.5 Å². The van der Waals surface area contributed by atoms with Crippen molar-refractivity contribution in [1.82, 2.24) is 5.32 Å². The zero-order valence-electron chi connectivity index (χ0n) is 24.0. The average molecular weight is 555 g/mol. The second-order valence-electron chi connectivity index (χ2n) is 9.77. The molecule has 1 aromatic heterocycles. The van der Waals surface area contributed by atoms with Crippen LogP contribution >= 0.6 is 0 Å². The molecule has 0 spiro atoms. The molecular weight excluding hydrogens is 514 g/mol. The second-order valence-corrected chi connectivity index (χ2v) is 9.77. The molecule has 0 aliphatic carbocycles. The van der Waals surface area contributed by atoms with Crippen LogP contribution < -0.4 is 29.8 Å². The number of rotatable bonds is 15. The molecule has 0 bridgehead atoms. The first-order valence-corrected chi connectivity index (χ1v) is 14.1. The fourth-order valence-corrected chi connectivity index (χ4v) is 4.75. The Morgan fingerprint density at radius 1 is 0.854 bits per heavy atom. The van der Waals surface area contributed by atoms with Crippen molar-refractivity contribution in [2.24, 2.45) is 5.73 Å². The van der Waals surface area contributed by atoms with Crippen molar-refractivity contribution in [3.8, 4) is 17.2 Å². The first kappa shape index (κ1) is 29.6. The van der Waals surface area contributed by atoms with Gasteiger partial charge in [-0.25, -0.2) is 0 Å². The summed E-state index contributed by atoms with van der Waals surface area (Å²) in [6.45, 7) is 2.27. The van der Waals surface area contributed by atoms with E-state index in [4.69, 9.17) is 19.9 Å². The van der Waals surface area contributed by atoms with E-state index in [1.165, 1.54) is 10.9 Å². The third kappa shape index (κ3) is 8.32. The van der Waals surface area contributed by atoms with E-state index < -0.39 is 0 Å². The van der Waals surface area contributed by atoms with Gasteiger partial charge in [-0.15, -0.1) is 0 Å². The molecule has 0 saturated heterocycles. The highest BCUT2D eigenvalue weighted by atomic mass is 16.5. The molecule has 7 nitrogen and oxygen atoms in total. The average Bonchev–Trinajstić information content (AvgIpc) is 3.02. The van der Waals surface area contributed by atoms with Gasteiger partial charge in [-0.05, 0) is 42.7 Å². The maximum Gasteiger partial charge on any atom is 0.220 e. The highest BCUT2D eigenvalue weighted by Gasteiger charge is 2.15. The van der Waals surface area contributed by atoms with Crippen molar-refractivity contribution in [3.05, 3.63) is 95.7 Å². The molecule has 0 atom stereocenters. The summed E-state index contributed by atoms with van der Waals surface area (Å²) < 4.78 is 19.7. The lowest BCUT2D eigenvalue weighted by Crippen LogP contribution is -2.38. The zero-order valence-corrected chi connectivity index (χ0v) is 24.0. The number of para-hydroxylation sites is 1. The molecule has 4 aromatic rings. The maximum absolute atomic E-state index is 11.9. The topological polar surface area (TPSA) is 86.7 Å². The van der Waals surface area contributed by atoms with E-state index in [1.807, 2.05) is 42.5 Å². The van der Waals surface area contributed by atoms with Crippen molar-refractivity contribution in [2.45, 2.75) is 38.8 Å². The first-order chi connectivity index (χ1) is 20.1. The monoisotopic (exact) mass is 554 g/mol. The number of aryl methyl sites for hydroxylation is 1. The van der Waals surface area contributed by atoms with E-state index in [9.17, 15) is 4.79 Å². The van der Waals surface area contributed by atoms with Crippen LogP contribution in [-0.2, 0) is 17.9 Å². The van der Waals surface area contributed by atoms with Gasteiger partial charge in [-0.3, -0.25) is 4.79 Å². The number of hydrogen-bond donors (Lipinski definition) is 2. The van der Waals surface area contributed by atoms with Gasteiger partial charge in [0.05, 0.1) is 14.2 Å². The van der Waals surface area contributed by atoms with Gasteiger partial charge in [-0.2, -0.15) is 4.57 Å². The van der Waals surface area contributed by atoms with Crippen LogP contribution in [0.5, 0.6) is 17.2 Å². The number of fused-ring (bicyclic) bond motifs is 1. The highest BCUT2D eigenvalue weighted by molar-refractivity contribution is 5.78. The Morgan fingerprint density at radius 3 is 2.39 bits per heavy atom. The number of unbranched alkanes of at least 4 members (excludes halogenated alkanes) is 2. The third-order valence-corrected chi connectivity index (χ3v) is 6.91. The zero-order chi connectivity index (χ0) is 28.9. The predicted octanol–water partition coefficient (Wildman–Crippen LogP) is 5.53. The summed E-state index contributed by atoms with van der Waals surface area (Å²) in [4.78, 5) is 11.9. The molecule has 0 fully saturated rings. The van der Waals surface area contributed by atoms with Gasteiger partial charge in [0.25, 0.3) is 0 Å². The van der Waals surface area contributed by atoms with Gasteiger partial charge in [0.2, 0.25) is 17.1 Å². The number of pyridine rings is 1. The number of methoxy groups -OCH3 is 2. The molecule has 41 heavy (non-hydrogen) atoms. The maximum atomic E-state index is 11.9. The molecule has 0 unspecified atom stereocenters. The number of nitrogens with zero attached hydrogens (tertiary/aromatic N) is 1. The lowest BCUT2D eigenvalue weighted by Gasteiger charge is -2.14. The standard InChI is InChI=1S/C34H39N3O4/c1-39-32-23-28(31(24-33(32)40-2)41-25-26-11-5-3-6-12-26)17-19-29-18-16-27-13-8-9-14-30(27)37(29)22-10-4-7-15-34(38)36-21-20-35/h3,5-6,8-9,11-14,16-19,23-24H,4,7,10,15,20-22,25,35H2,1-2H3/p+1/b19-17+. The van der Waals surface area contributed by atoms with Crippen LogP contribution in [0, 0.1) is 0 Å². The van der Waals surface area contributed by atoms with Crippen molar-refractivity contribution < 1.29 is 23.6 Å². The number of ether oxygens (including phenoxy) is 3. The predicted molar refractivity (Wildman–Crippen MR) is 164 cm³/mol. The summed E-state index contributed by atoms with van der Waals surface area (Å²) >= 11 is 0. The molecule has 0 aliphatic rings. The molecular formula is C34H40N3O4+. The number of nitrogens with one attached hydrogen (secondary N) is 1. The Balaban J connectivity index is 1.57. The molecule has 0 saturated carbocycles. The minimum Gasteiger partial charge on any atom is -0.493 e. The normalized spacial score (nSPS) is 11.1. The lowest BCUT2D eigenvalue weighted by molar-refractivity contribution is -0.673. The molecule has 0 aliphatic heterocycles. The Morgan fingerprint density at radius 2 is 1.61 bits per heavy atom. The fourth-order valence-electron chi connectivity index (χ4n) is 4.75. The Kier molecular flexibility index (Phi) is 11.1. The molecule has 3 N–H and O–H groups in total. The van der Waals surface area contributed by atoms with Crippen molar-refractivity contribution in [1.29, 1.82) is 0 Å². The Bertz CT molecular complexity index is 1450. The molecule has 214 valence electrons. The van der Waals surface area contributed by atoms with Crippen LogP contribution in [0.4, 0.5) is 0 Å². The van der Waals surface area contributed by atoms with Crippen molar-refractivity contribution in [3.63, 3.8) is 0 Å². The minimum atomic E-state index is 0.0668. The van der Waals surface area contributed by atoms with E-state index in [0.717, 1.165) is 42.6 Å². The Labute approximate surface area is 242 Å². The van der Waals surface area contributed by atoms with Crippen molar-refractivity contribution in [2.75, 3.05) is 27.3 Å². The molecule has 7 heteroatoms. The van der Waals surface area contributed by atoms with Gasteiger partial charge >= 0.3 is 0 Å². The number of carbonyl (C=O) groups excluding carboxylic acids is 1. The van der Waals surface area contributed by atoms with E-state index in [2.05, 4.69) is 58.4 Å². The summed E-state index contributed by atoms with van der Waals surface area (Å²) in [5, 5.41) is 4.02. The summed E-state index contributed by atoms with van der Waals surface area (Å²) in [5.41, 5.74) is 9.69. The molecule has 0 radical (unpaired) electrons. The van der Waals surface area contributed by atoms with E-state index >= 15 is 0 Å². The molecule has 1 heterocycles. The highest BCUT2D eigenvalue weighted by Crippen LogP contribution is 2.36. The summed E-state index contributed by atoms with van der Waals surface area (Å²) in [7, 11) is 3.26. The van der Waals surface area contributed by atoms with Gasteiger partial charge in [-0.1, -0.05) is 42.5 Å². The number of aromatic nitrogens is 1. The van der Waals surface area contributed by atoms with Crippen LogP contribution in [0.3, 0.4) is 0 Å². The quantitative estimate of drug-likeness (QED) is 0.149. The Hall–Kier alpha value is -4.36. The minimum absolute atomic E-state index is 0.0668. The number of hydrogen-bond acceptors (Lipinski definition) is 5. The summed E-state index contributed by atoms with van der Waals surface area (Å²) in [5.74, 6) is 2.03. The summed E-state index contributed by atoms with van der Waals surface area (Å²) in [6, 6.07) is 26.6. The van der Waals surface area contributed by atoms with E-state index in [0.29, 0.717) is 43.4 Å². The van der Waals surface area contributed by atoms with Crippen LogP contribution in [0.2, 0.25) is 0 Å². The number of carbonyl (C=O) groups is 1. The van der Waals surface area contributed by atoms with E-state index in [1.54, 1.807) is 14.2 Å². The van der Waals surface area contributed by atoms with Crippen LogP contribution in [-0.4, -0.2) is 33.2 Å². The van der Waals surface area contributed by atoms with E-state index in [-0.39, 0.29) is 5.91 Å². The SMILES string of the molecule is COc1cc(/C=C/c2ccc3ccccc3[n+]2CCCCCC(=O)NCCN)c(OCc2ccccc2)cc1OC. The number of benzene rings is 3. The molecule has 4 rings (SSSR count). The van der Waals surface area contributed by atoms with Crippen LogP contribution in [0.25, 0.3) is 23.1 Å². The van der Waals surface area contributed by atoms with Gasteiger partial charge < -0.3 is 25.3 Å². The smallest absolute Gasteiger partial charge is 0.220 e. The first-order valence-electron chi connectivity index (χ1n) is 14.1. The number of amides is 1. The van der Waals surface area contributed by atoms with Gasteiger partial charge in [0.1, 0.15) is 18.9 Å². The third-order valence-electron chi connectivity index (χ3n) is 6.91. The van der Waals surface area contributed by atoms with Crippen LogP contribution in [0.1, 0.15) is 42.5 Å². The van der Waals surface area contributed by atoms with Gasteiger partial charge in [0, 0.05) is 61.2 Å². The largest absolute Gasteiger partial charge is 0.493 e. The van der Waals surface area contributed by atoms with Crippen molar-refractivity contribution >= 4 is 29.0 Å².